The van der Waals surface area contributed by atoms with E-state index >= 15 is 0 Å². The normalized spacial score (nSPS) is 40.1. The minimum absolute atomic E-state index is 0.176. The van der Waals surface area contributed by atoms with E-state index in [0.29, 0.717) is 5.92 Å². The number of thiazole rings is 1. The summed E-state index contributed by atoms with van der Waals surface area (Å²) in [6.07, 6.45) is 10.7. The zero-order chi connectivity index (χ0) is 19.7. The Labute approximate surface area is 176 Å². The van der Waals surface area contributed by atoms with Crippen molar-refractivity contribution in [3.8, 4) is 0 Å². The molecule has 0 unspecified atom stereocenters. The van der Waals surface area contributed by atoms with E-state index in [1.807, 2.05) is 0 Å². The Morgan fingerprint density at radius 1 is 1.25 bits per heavy atom. The number of hydrazone groups is 1. The third-order valence-corrected chi connectivity index (χ3v) is 9.40. The summed E-state index contributed by atoms with van der Waals surface area (Å²) in [6.45, 7) is 4.93. The maximum atomic E-state index is 6.05. The average Bonchev–Trinajstić information content (AvgIpc) is 3.18. The monoisotopic (exact) mass is 415 g/mol. The van der Waals surface area contributed by atoms with Gasteiger partial charge in [0, 0.05) is 11.1 Å². The first kappa shape index (κ1) is 18.6. The number of nitrogen functional groups attached to an aromatic ring is 1. The fourth-order valence-electron chi connectivity index (χ4n) is 6.99. The summed E-state index contributed by atoms with van der Waals surface area (Å²) in [5.74, 6) is 2.17. The van der Waals surface area contributed by atoms with Crippen molar-refractivity contribution in [3.05, 3.63) is 16.6 Å². The van der Waals surface area contributed by atoms with Gasteiger partial charge in [0.05, 0.1) is 10.6 Å². The second-order valence-electron chi connectivity index (χ2n) is 9.51. The first-order valence-electron chi connectivity index (χ1n) is 10.4. The number of nitrogens with two attached hydrogens (primary N) is 2. The molecule has 4 aliphatic rings. The summed E-state index contributed by atoms with van der Waals surface area (Å²) in [5, 5.41) is 5.59. The van der Waals surface area contributed by atoms with Gasteiger partial charge in [-0.25, -0.2) is 4.98 Å². The van der Waals surface area contributed by atoms with Gasteiger partial charge in [0.1, 0.15) is 0 Å². The van der Waals surface area contributed by atoms with Gasteiger partial charge in [0.15, 0.2) is 10.2 Å². The predicted octanol–water partition coefficient (Wildman–Crippen LogP) is 4.10. The highest BCUT2D eigenvalue weighted by molar-refractivity contribution is 7.80. The maximum absolute atomic E-state index is 6.05. The first-order valence-corrected chi connectivity index (χ1v) is 11.6. The second kappa shape index (κ2) is 6.26. The van der Waals surface area contributed by atoms with Gasteiger partial charge >= 0.3 is 0 Å². The Balaban J connectivity index is 1.49. The molecular formula is C21H29N5S2. The first-order chi connectivity index (χ1) is 13.3. The van der Waals surface area contributed by atoms with E-state index in [1.54, 1.807) is 11.3 Å². The van der Waals surface area contributed by atoms with Crippen LogP contribution in [-0.2, 0) is 6.42 Å². The lowest BCUT2D eigenvalue weighted by Crippen LogP contribution is -2.49. The maximum Gasteiger partial charge on any atom is 0.184 e. The van der Waals surface area contributed by atoms with Crippen molar-refractivity contribution in [1.29, 1.82) is 0 Å². The van der Waals surface area contributed by atoms with E-state index in [-0.39, 0.29) is 15.9 Å². The minimum Gasteiger partial charge on any atom is -0.375 e. The molecule has 5 N–H and O–H groups in total. The number of nitrogens with one attached hydrogen (secondary N) is 1. The zero-order valence-electron chi connectivity index (χ0n) is 16.6. The van der Waals surface area contributed by atoms with Crippen LogP contribution in [0.5, 0.6) is 0 Å². The molecule has 0 spiro atoms. The Bertz CT molecular complexity index is 903. The molecule has 0 saturated heterocycles. The lowest BCUT2D eigenvalue weighted by atomic mass is 9.48. The molecular weight excluding hydrogens is 386 g/mol. The number of aryl methyl sites for hydroxylation is 1. The van der Waals surface area contributed by atoms with E-state index in [9.17, 15) is 0 Å². The molecule has 1 heterocycles. The van der Waals surface area contributed by atoms with Crippen LogP contribution in [0.4, 0.5) is 5.13 Å². The molecule has 5 atom stereocenters. The fraction of sp³-hybridized carbons (Fsp3) is 0.667. The number of hydrogen-bond donors (Lipinski definition) is 3. The smallest absolute Gasteiger partial charge is 0.184 e. The van der Waals surface area contributed by atoms with Gasteiger partial charge in [-0.3, -0.25) is 5.43 Å². The van der Waals surface area contributed by atoms with Gasteiger partial charge < -0.3 is 11.5 Å². The topological polar surface area (TPSA) is 89.3 Å². The third-order valence-electron chi connectivity index (χ3n) is 8.35. The van der Waals surface area contributed by atoms with Crippen molar-refractivity contribution in [2.75, 3.05) is 5.73 Å². The number of thiocarbonyl (C=S) groups is 1. The van der Waals surface area contributed by atoms with Gasteiger partial charge in [0.25, 0.3) is 0 Å². The number of allylic oxidation sites excluding steroid dienone is 2. The highest BCUT2D eigenvalue weighted by Gasteiger charge is 2.58. The van der Waals surface area contributed by atoms with Crippen LogP contribution in [0, 0.1) is 28.6 Å². The van der Waals surface area contributed by atoms with Crippen LogP contribution in [-0.4, -0.2) is 15.8 Å². The van der Waals surface area contributed by atoms with Gasteiger partial charge in [-0.15, -0.1) is 0 Å². The molecule has 5 nitrogen and oxygen atoms in total. The largest absolute Gasteiger partial charge is 0.375 e. The van der Waals surface area contributed by atoms with Crippen LogP contribution < -0.4 is 16.9 Å². The Kier molecular flexibility index (Phi) is 4.15. The third kappa shape index (κ3) is 2.51. The number of aromatic nitrogens is 1. The van der Waals surface area contributed by atoms with E-state index < -0.39 is 0 Å². The number of rotatable bonds is 1. The summed E-state index contributed by atoms with van der Waals surface area (Å²) >= 11 is 6.65. The predicted molar refractivity (Wildman–Crippen MR) is 120 cm³/mol. The van der Waals surface area contributed by atoms with E-state index in [4.69, 9.17) is 23.7 Å². The summed E-state index contributed by atoms with van der Waals surface area (Å²) in [4.78, 5) is 5.97. The van der Waals surface area contributed by atoms with Gasteiger partial charge in [-0.2, -0.15) is 5.10 Å². The van der Waals surface area contributed by atoms with Crippen molar-refractivity contribution in [3.63, 3.8) is 0 Å². The molecule has 2 fully saturated rings. The van der Waals surface area contributed by atoms with Gasteiger partial charge in [-0.05, 0) is 85.9 Å². The van der Waals surface area contributed by atoms with E-state index in [2.05, 4.69) is 35.4 Å². The standard InChI is InChI=1S/C21H29N5S2/c1-20-10-8-15-17(28-19(23)24-15)14(20)4-3-11-12-5-6-16(25-26-18(22)27)21(12,2)9-7-13(11)20/h4,11-13H,3,5-10H2,1-2H3,(H2,23,24)(H3,22,26,27)/b25-16+/t11-,12-,13-,20+,21-/m0/s1. The van der Waals surface area contributed by atoms with Crippen LogP contribution in [0.3, 0.4) is 0 Å². The molecule has 28 heavy (non-hydrogen) atoms. The molecule has 4 aliphatic carbocycles. The van der Waals surface area contributed by atoms with Crippen LogP contribution in [0.15, 0.2) is 11.2 Å². The van der Waals surface area contributed by atoms with Gasteiger partial charge in [0.2, 0.25) is 0 Å². The molecule has 0 amide bonds. The second-order valence-corrected chi connectivity index (χ2v) is 11.0. The van der Waals surface area contributed by atoms with Crippen LogP contribution in [0.1, 0.15) is 62.9 Å². The SMILES string of the molecule is C[C@]12CCc3nc(N)sc3C1=CC[C@@H]1[C@@H]2CC[C@]2(C)/C(=N/NC(N)=S)CC[C@@H]12. The molecule has 1 aromatic heterocycles. The Hall–Kier alpha value is -1.47. The summed E-state index contributed by atoms with van der Waals surface area (Å²) in [6, 6.07) is 0. The molecule has 5 rings (SSSR count). The summed E-state index contributed by atoms with van der Waals surface area (Å²) < 4.78 is 0. The Morgan fingerprint density at radius 3 is 2.82 bits per heavy atom. The highest BCUT2D eigenvalue weighted by atomic mass is 32.1. The van der Waals surface area contributed by atoms with Crippen LogP contribution in [0.25, 0.3) is 5.57 Å². The van der Waals surface area contributed by atoms with Crippen molar-refractivity contribution >= 4 is 45.1 Å². The molecule has 2 saturated carbocycles. The van der Waals surface area contributed by atoms with Crippen LogP contribution in [0.2, 0.25) is 0 Å². The van der Waals surface area contributed by atoms with Crippen molar-refractivity contribution in [2.24, 2.45) is 39.4 Å². The van der Waals surface area contributed by atoms with Crippen molar-refractivity contribution < 1.29 is 0 Å². The summed E-state index contributed by atoms with van der Waals surface area (Å²) in [5.41, 5.74) is 19.0. The van der Waals surface area contributed by atoms with Crippen molar-refractivity contribution in [1.82, 2.24) is 10.4 Å². The highest BCUT2D eigenvalue weighted by Crippen LogP contribution is 2.65. The lowest BCUT2D eigenvalue weighted by Gasteiger charge is -2.56. The van der Waals surface area contributed by atoms with E-state index in [1.165, 1.54) is 54.0 Å². The number of fused-ring (bicyclic) bond motifs is 7. The molecule has 0 aromatic carbocycles. The van der Waals surface area contributed by atoms with E-state index in [0.717, 1.165) is 29.8 Å². The number of nitrogens with zero attached hydrogens (tertiary/aromatic N) is 2. The van der Waals surface area contributed by atoms with Gasteiger partial charge in [-0.1, -0.05) is 31.3 Å². The molecule has 150 valence electrons. The zero-order valence-corrected chi connectivity index (χ0v) is 18.3. The lowest BCUT2D eigenvalue weighted by molar-refractivity contribution is 0.0116. The Morgan fingerprint density at radius 2 is 2.04 bits per heavy atom. The molecule has 1 aromatic rings. The molecule has 0 radical (unpaired) electrons. The van der Waals surface area contributed by atoms with Crippen LogP contribution >= 0.6 is 23.6 Å². The average molecular weight is 416 g/mol. The number of anilines is 1. The van der Waals surface area contributed by atoms with Crippen molar-refractivity contribution in [2.45, 2.75) is 58.8 Å². The molecule has 7 heteroatoms. The fourth-order valence-corrected chi connectivity index (χ4v) is 8.09. The molecule has 0 aliphatic heterocycles. The molecule has 0 bridgehead atoms. The minimum atomic E-state index is 0.176. The number of hydrogen-bond acceptors (Lipinski definition) is 5. The quantitative estimate of drug-likeness (QED) is 0.475. The summed E-state index contributed by atoms with van der Waals surface area (Å²) in [7, 11) is 0.